The van der Waals surface area contributed by atoms with Crippen molar-refractivity contribution in [1.82, 2.24) is 0 Å². The van der Waals surface area contributed by atoms with Gasteiger partial charge in [-0.1, -0.05) is 40.7 Å². The average molecular weight is 499 g/mol. The van der Waals surface area contributed by atoms with E-state index in [2.05, 4.69) is 13.8 Å². The van der Waals surface area contributed by atoms with E-state index in [4.69, 9.17) is 18.6 Å². The number of cyclic esters (lactones) is 1. The normalized spacial score (nSPS) is 50.2. The molecule has 3 heterocycles. The lowest BCUT2D eigenvalue weighted by atomic mass is 9.35. The molecule has 0 amide bonds. The van der Waals surface area contributed by atoms with Crippen LogP contribution >= 0.6 is 0 Å². The number of esters is 2. The van der Waals surface area contributed by atoms with E-state index >= 15 is 0 Å². The second kappa shape index (κ2) is 6.90. The lowest BCUT2D eigenvalue weighted by Gasteiger charge is -2.69. The fourth-order valence-corrected chi connectivity index (χ4v) is 9.41. The van der Waals surface area contributed by atoms with Crippen molar-refractivity contribution in [1.29, 1.82) is 0 Å². The van der Waals surface area contributed by atoms with Gasteiger partial charge in [0.2, 0.25) is 0 Å². The van der Waals surface area contributed by atoms with Crippen LogP contribution in [0, 0.1) is 33.5 Å². The molecule has 2 aliphatic heterocycles. The van der Waals surface area contributed by atoms with Crippen molar-refractivity contribution in [2.45, 2.75) is 84.4 Å². The van der Waals surface area contributed by atoms with Crippen LogP contribution in [0.4, 0.5) is 0 Å². The van der Waals surface area contributed by atoms with Crippen molar-refractivity contribution in [3.63, 3.8) is 0 Å². The Labute approximate surface area is 210 Å². The number of rotatable bonds is 2. The standard InChI is InChI=1S/C28H34O8/c1-14(29)34-21-18(31)19-24(2,3)17(30)8-10-25(19,4)16-7-11-26(5)20(15-9-12-33-13-15)35-23(32)22-28(26,36-22)27(16,21)6/h8-10,12-13,16,18-22,31H,7,11H2,1-6H3. The van der Waals surface area contributed by atoms with E-state index in [0.717, 1.165) is 5.56 Å². The Morgan fingerprint density at radius 3 is 2.50 bits per heavy atom. The van der Waals surface area contributed by atoms with Crippen molar-refractivity contribution >= 4 is 17.7 Å². The Morgan fingerprint density at radius 2 is 1.86 bits per heavy atom. The quantitative estimate of drug-likeness (QED) is 0.486. The van der Waals surface area contributed by atoms with Crippen LogP contribution in [0.5, 0.6) is 0 Å². The summed E-state index contributed by atoms with van der Waals surface area (Å²) < 4.78 is 23.7. The number of aliphatic hydroxyl groups is 1. The van der Waals surface area contributed by atoms with Crippen molar-refractivity contribution < 1.29 is 38.1 Å². The van der Waals surface area contributed by atoms with E-state index in [1.54, 1.807) is 24.7 Å². The molecular weight excluding hydrogens is 464 g/mol. The maximum Gasteiger partial charge on any atom is 0.339 e. The Kier molecular flexibility index (Phi) is 4.58. The molecule has 1 spiro atoms. The van der Waals surface area contributed by atoms with Gasteiger partial charge in [-0.15, -0.1) is 0 Å². The highest BCUT2D eigenvalue weighted by molar-refractivity contribution is 5.96. The number of carbonyl (C=O) groups is 3. The first-order valence-corrected chi connectivity index (χ1v) is 12.8. The Bertz CT molecular complexity index is 1180. The molecule has 2 saturated carbocycles. The van der Waals surface area contributed by atoms with Crippen LogP contribution in [-0.2, 0) is 28.6 Å². The number of aliphatic hydroxyl groups excluding tert-OH is 1. The molecule has 1 aromatic rings. The SMILES string of the molecule is CC(=O)OC1C(O)C2C(C)(C)C(=O)C=CC2(C)C2CCC3(C)C(c4ccoc4)OC(=O)C4OC43C12C. The molecule has 8 nitrogen and oxygen atoms in total. The number of carbonyl (C=O) groups excluding carboxylic acids is 3. The minimum absolute atomic E-state index is 0.0603. The van der Waals surface area contributed by atoms with E-state index in [1.165, 1.54) is 6.92 Å². The molecule has 4 fully saturated rings. The Hall–Kier alpha value is -2.45. The summed E-state index contributed by atoms with van der Waals surface area (Å²) in [6.45, 7) is 11.2. The largest absolute Gasteiger partial charge is 0.472 e. The van der Waals surface area contributed by atoms with Crippen LogP contribution in [0.2, 0.25) is 0 Å². The molecule has 0 radical (unpaired) electrons. The molecule has 10 atom stereocenters. The van der Waals surface area contributed by atoms with Gasteiger partial charge in [-0.25, -0.2) is 4.79 Å². The van der Waals surface area contributed by atoms with Gasteiger partial charge in [0.25, 0.3) is 0 Å². The molecule has 8 heteroatoms. The van der Waals surface area contributed by atoms with Gasteiger partial charge in [-0.05, 0) is 36.3 Å². The highest BCUT2D eigenvalue weighted by Gasteiger charge is 2.89. The molecule has 2 saturated heterocycles. The fourth-order valence-electron chi connectivity index (χ4n) is 9.41. The predicted octanol–water partition coefficient (Wildman–Crippen LogP) is 3.53. The molecule has 1 aromatic heterocycles. The van der Waals surface area contributed by atoms with Crippen LogP contribution in [0.3, 0.4) is 0 Å². The zero-order valence-corrected chi connectivity index (χ0v) is 21.6. The van der Waals surface area contributed by atoms with Gasteiger partial charge < -0.3 is 23.7 Å². The van der Waals surface area contributed by atoms with Gasteiger partial charge in [-0.2, -0.15) is 0 Å². The van der Waals surface area contributed by atoms with Gasteiger partial charge in [0.15, 0.2) is 11.9 Å². The van der Waals surface area contributed by atoms with E-state index in [9.17, 15) is 19.5 Å². The zero-order valence-electron chi connectivity index (χ0n) is 21.6. The number of hydrogen-bond donors (Lipinski definition) is 1. The number of epoxide rings is 1. The molecule has 194 valence electrons. The molecule has 0 bridgehead atoms. The van der Waals surface area contributed by atoms with Crippen molar-refractivity contribution in [3.05, 3.63) is 36.3 Å². The van der Waals surface area contributed by atoms with Gasteiger partial charge in [0.1, 0.15) is 17.8 Å². The summed E-state index contributed by atoms with van der Waals surface area (Å²) in [5, 5.41) is 12.0. The number of ether oxygens (including phenoxy) is 3. The summed E-state index contributed by atoms with van der Waals surface area (Å²) in [5.74, 6) is -1.67. The van der Waals surface area contributed by atoms with Crippen LogP contribution in [-0.4, -0.2) is 46.7 Å². The van der Waals surface area contributed by atoms with E-state index in [0.29, 0.717) is 12.8 Å². The summed E-state index contributed by atoms with van der Waals surface area (Å²) in [4.78, 5) is 38.7. The average Bonchev–Trinajstić information content (AvgIpc) is 3.36. The van der Waals surface area contributed by atoms with Gasteiger partial charge in [0, 0.05) is 34.7 Å². The fraction of sp³-hybridized carbons (Fsp3) is 0.679. The van der Waals surface area contributed by atoms with E-state index in [1.807, 2.05) is 26.8 Å². The summed E-state index contributed by atoms with van der Waals surface area (Å²) in [6.07, 6.45) is 4.55. The lowest BCUT2D eigenvalue weighted by molar-refractivity contribution is -0.281. The van der Waals surface area contributed by atoms with Crippen LogP contribution in [0.1, 0.15) is 66.1 Å². The number of allylic oxidation sites excluding steroid dienone is 2. The molecule has 10 unspecified atom stereocenters. The molecule has 6 rings (SSSR count). The van der Waals surface area contributed by atoms with Gasteiger partial charge in [0.05, 0.1) is 18.6 Å². The first-order valence-electron chi connectivity index (χ1n) is 12.8. The van der Waals surface area contributed by atoms with Crippen LogP contribution in [0.25, 0.3) is 0 Å². The third-order valence-electron chi connectivity index (χ3n) is 10.8. The third kappa shape index (κ3) is 2.45. The maximum atomic E-state index is 13.3. The molecule has 5 aliphatic rings. The van der Waals surface area contributed by atoms with E-state index < -0.39 is 69.5 Å². The summed E-state index contributed by atoms with van der Waals surface area (Å²) >= 11 is 0. The monoisotopic (exact) mass is 498 g/mol. The lowest BCUT2D eigenvalue weighted by Crippen LogP contribution is -2.76. The zero-order chi connectivity index (χ0) is 26.1. The number of hydrogen-bond acceptors (Lipinski definition) is 8. The highest BCUT2D eigenvalue weighted by Crippen LogP contribution is 2.79. The molecule has 1 N–H and O–H groups in total. The number of fused-ring (bicyclic) bond motifs is 3. The van der Waals surface area contributed by atoms with Crippen LogP contribution in [0.15, 0.2) is 35.2 Å². The summed E-state index contributed by atoms with van der Waals surface area (Å²) in [6, 6.07) is 1.79. The number of ketones is 1. The second-order valence-electron chi connectivity index (χ2n) is 12.7. The molecule has 36 heavy (non-hydrogen) atoms. The minimum Gasteiger partial charge on any atom is -0.472 e. The number of furan rings is 1. The van der Waals surface area contributed by atoms with Crippen molar-refractivity contribution in [3.8, 4) is 0 Å². The Morgan fingerprint density at radius 1 is 1.14 bits per heavy atom. The minimum atomic E-state index is -1.14. The first-order chi connectivity index (χ1) is 16.8. The van der Waals surface area contributed by atoms with Gasteiger partial charge in [-0.3, -0.25) is 9.59 Å². The molecule has 0 aromatic carbocycles. The topological polar surface area (TPSA) is 116 Å². The second-order valence-corrected chi connectivity index (χ2v) is 12.7. The maximum absolute atomic E-state index is 13.3. The van der Waals surface area contributed by atoms with Crippen molar-refractivity contribution in [2.24, 2.45) is 33.5 Å². The Balaban J connectivity index is 1.58. The van der Waals surface area contributed by atoms with Crippen LogP contribution < -0.4 is 0 Å². The third-order valence-corrected chi connectivity index (χ3v) is 10.8. The van der Waals surface area contributed by atoms with Gasteiger partial charge >= 0.3 is 11.9 Å². The summed E-state index contributed by atoms with van der Waals surface area (Å²) in [5.41, 5.74) is -3.35. The van der Waals surface area contributed by atoms with E-state index in [-0.39, 0.29) is 11.7 Å². The predicted molar refractivity (Wildman–Crippen MR) is 125 cm³/mol. The molecule has 3 aliphatic carbocycles. The highest BCUT2D eigenvalue weighted by atomic mass is 16.7. The smallest absolute Gasteiger partial charge is 0.339 e. The van der Waals surface area contributed by atoms with Crippen molar-refractivity contribution in [2.75, 3.05) is 0 Å². The summed E-state index contributed by atoms with van der Waals surface area (Å²) in [7, 11) is 0. The molecular formula is C28H34O8. The first kappa shape index (κ1) is 23.9.